The Labute approximate surface area is 90.7 Å². The standard InChI is InChI=1S/C11H19N3O/c1-7(2)12-11(15)10(5)14-9(4)6-8(3)13-14/h6-7,10H,1-5H3,(H,12,15). The summed E-state index contributed by atoms with van der Waals surface area (Å²) in [6.45, 7) is 9.64. The molecule has 0 aromatic carbocycles. The van der Waals surface area contributed by atoms with E-state index in [1.807, 2.05) is 40.7 Å². The topological polar surface area (TPSA) is 46.9 Å². The molecule has 0 aliphatic carbocycles. The molecule has 1 atom stereocenters. The maximum atomic E-state index is 11.7. The Kier molecular flexibility index (Phi) is 3.50. The maximum Gasteiger partial charge on any atom is 0.244 e. The zero-order chi connectivity index (χ0) is 11.6. The smallest absolute Gasteiger partial charge is 0.244 e. The predicted octanol–water partition coefficient (Wildman–Crippen LogP) is 1.59. The molecule has 1 aromatic rings. The summed E-state index contributed by atoms with van der Waals surface area (Å²) in [7, 11) is 0. The fraction of sp³-hybridized carbons (Fsp3) is 0.636. The van der Waals surface area contributed by atoms with Gasteiger partial charge < -0.3 is 5.32 Å². The van der Waals surface area contributed by atoms with Crippen LogP contribution in [0.15, 0.2) is 6.07 Å². The highest BCUT2D eigenvalue weighted by Gasteiger charge is 2.17. The minimum absolute atomic E-state index is 0.0104. The summed E-state index contributed by atoms with van der Waals surface area (Å²) in [5.74, 6) is 0.0104. The maximum absolute atomic E-state index is 11.7. The summed E-state index contributed by atoms with van der Waals surface area (Å²) in [5, 5.41) is 7.17. The summed E-state index contributed by atoms with van der Waals surface area (Å²) in [6, 6.07) is 1.89. The van der Waals surface area contributed by atoms with Crippen molar-refractivity contribution < 1.29 is 4.79 Å². The Morgan fingerprint density at radius 3 is 2.40 bits per heavy atom. The van der Waals surface area contributed by atoms with E-state index < -0.39 is 0 Å². The van der Waals surface area contributed by atoms with E-state index in [1.54, 1.807) is 4.68 Å². The summed E-state index contributed by atoms with van der Waals surface area (Å²) in [4.78, 5) is 11.7. The van der Waals surface area contributed by atoms with E-state index in [2.05, 4.69) is 10.4 Å². The summed E-state index contributed by atoms with van der Waals surface area (Å²) in [5.41, 5.74) is 1.95. The largest absolute Gasteiger partial charge is 0.352 e. The molecule has 1 heterocycles. The number of amides is 1. The highest BCUT2D eigenvalue weighted by atomic mass is 16.2. The zero-order valence-corrected chi connectivity index (χ0v) is 10.0. The molecule has 0 aliphatic heterocycles. The van der Waals surface area contributed by atoms with Gasteiger partial charge in [0.2, 0.25) is 5.91 Å². The van der Waals surface area contributed by atoms with Crippen LogP contribution in [-0.4, -0.2) is 21.7 Å². The molecule has 4 heteroatoms. The number of hydrogen-bond acceptors (Lipinski definition) is 2. The van der Waals surface area contributed by atoms with E-state index in [4.69, 9.17) is 0 Å². The van der Waals surface area contributed by atoms with E-state index >= 15 is 0 Å². The Hall–Kier alpha value is -1.32. The van der Waals surface area contributed by atoms with Gasteiger partial charge in [0.05, 0.1) is 5.69 Å². The Morgan fingerprint density at radius 2 is 2.00 bits per heavy atom. The lowest BCUT2D eigenvalue weighted by Gasteiger charge is -2.16. The van der Waals surface area contributed by atoms with Gasteiger partial charge in [-0.15, -0.1) is 0 Å². The van der Waals surface area contributed by atoms with Gasteiger partial charge in [0.1, 0.15) is 6.04 Å². The van der Waals surface area contributed by atoms with E-state index in [0.29, 0.717) is 0 Å². The van der Waals surface area contributed by atoms with Gasteiger partial charge in [-0.2, -0.15) is 5.10 Å². The number of nitrogens with one attached hydrogen (secondary N) is 1. The van der Waals surface area contributed by atoms with Crippen molar-refractivity contribution >= 4 is 5.91 Å². The molecule has 0 bridgehead atoms. The highest BCUT2D eigenvalue weighted by molar-refractivity contribution is 5.80. The van der Waals surface area contributed by atoms with E-state index in [-0.39, 0.29) is 18.0 Å². The first-order valence-corrected chi connectivity index (χ1v) is 5.25. The molecule has 1 unspecified atom stereocenters. The lowest BCUT2D eigenvalue weighted by atomic mass is 10.2. The van der Waals surface area contributed by atoms with E-state index in [1.165, 1.54) is 0 Å². The number of aromatic nitrogens is 2. The average molecular weight is 209 g/mol. The number of aryl methyl sites for hydroxylation is 2. The molecule has 1 rings (SSSR count). The average Bonchev–Trinajstić information content (AvgIpc) is 2.42. The molecule has 4 nitrogen and oxygen atoms in total. The van der Waals surface area contributed by atoms with Crippen LogP contribution in [-0.2, 0) is 4.79 Å². The van der Waals surface area contributed by atoms with E-state index in [9.17, 15) is 4.79 Å². The number of carbonyl (C=O) groups excluding carboxylic acids is 1. The molecule has 1 N–H and O–H groups in total. The van der Waals surface area contributed by atoms with Gasteiger partial charge in [0, 0.05) is 11.7 Å². The molecule has 0 aliphatic rings. The van der Waals surface area contributed by atoms with Gasteiger partial charge in [0.25, 0.3) is 0 Å². The summed E-state index contributed by atoms with van der Waals surface area (Å²) >= 11 is 0. The van der Waals surface area contributed by atoms with Crippen LogP contribution < -0.4 is 5.32 Å². The quantitative estimate of drug-likeness (QED) is 0.821. The lowest BCUT2D eigenvalue weighted by Crippen LogP contribution is -2.36. The normalized spacial score (nSPS) is 12.9. The third-order valence-electron chi connectivity index (χ3n) is 2.22. The SMILES string of the molecule is Cc1cc(C)n(C(C)C(=O)NC(C)C)n1. The first-order chi connectivity index (χ1) is 6.91. The first-order valence-electron chi connectivity index (χ1n) is 5.25. The van der Waals surface area contributed by atoms with Gasteiger partial charge >= 0.3 is 0 Å². The van der Waals surface area contributed by atoms with Crippen LogP contribution in [0.4, 0.5) is 0 Å². The van der Waals surface area contributed by atoms with Crippen LogP contribution in [0.3, 0.4) is 0 Å². The molecule has 0 spiro atoms. The van der Waals surface area contributed by atoms with Crippen molar-refractivity contribution in [3.63, 3.8) is 0 Å². The van der Waals surface area contributed by atoms with Crippen LogP contribution in [0, 0.1) is 13.8 Å². The zero-order valence-electron chi connectivity index (χ0n) is 10.0. The molecule has 0 fully saturated rings. The van der Waals surface area contributed by atoms with Crippen molar-refractivity contribution in [2.24, 2.45) is 0 Å². The van der Waals surface area contributed by atoms with Gasteiger partial charge in [-0.1, -0.05) is 0 Å². The minimum Gasteiger partial charge on any atom is -0.352 e. The second-order valence-corrected chi connectivity index (χ2v) is 4.21. The molecule has 0 saturated heterocycles. The predicted molar refractivity (Wildman–Crippen MR) is 59.7 cm³/mol. The Balaban J connectivity index is 2.80. The molecule has 1 amide bonds. The van der Waals surface area contributed by atoms with Crippen LogP contribution in [0.25, 0.3) is 0 Å². The molecule has 84 valence electrons. The fourth-order valence-corrected chi connectivity index (χ4v) is 1.55. The van der Waals surface area contributed by atoms with E-state index in [0.717, 1.165) is 11.4 Å². The molecule has 0 radical (unpaired) electrons. The first kappa shape index (κ1) is 11.8. The van der Waals surface area contributed by atoms with Crippen LogP contribution in [0.2, 0.25) is 0 Å². The second-order valence-electron chi connectivity index (χ2n) is 4.21. The van der Waals surface area contributed by atoms with Crippen LogP contribution in [0.5, 0.6) is 0 Å². The molecule has 0 saturated carbocycles. The molecular weight excluding hydrogens is 190 g/mol. The van der Waals surface area contributed by atoms with Crippen molar-refractivity contribution in [1.29, 1.82) is 0 Å². The van der Waals surface area contributed by atoms with Gasteiger partial charge in [-0.25, -0.2) is 0 Å². The Morgan fingerprint density at radius 1 is 1.40 bits per heavy atom. The van der Waals surface area contributed by atoms with Gasteiger partial charge in [-0.3, -0.25) is 9.48 Å². The fourth-order valence-electron chi connectivity index (χ4n) is 1.55. The van der Waals surface area contributed by atoms with Crippen LogP contribution >= 0.6 is 0 Å². The monoisotopic (exact) mass is 209 g/mol. The van der Waals surface area contributed by atoms with Crippen molar-refractivity contribution in [2.45, 2.75) is 46.7 Å². The number of hydrogen-bond donors (Lipinski definition) is 1. The number of rotatable bonds is 3. The lowest BCUT2D eigenvalue weighted by molar-refractivity contribution is -0.124. The summed E-state index contributed by atoms with van der Waals surface area (Å²) in [6.07, 6.45) is 0. The number of nitrogens with zero attached hydrogens (tertiary/aromatic N) is 2. The van der Waals surface area contributed by atoms with Crippen molar-refractivity contribution in [3.8, 4) is 0 Å². The molecule has 1 aromatic heterocycles. The third-order valence-corrected chi connectivity index (χ3v) is 2.22. The van der Waals surface area contributed by atoms with Gasteiger partial charge in [0.15, 0.2) is 0 Å². The molecular formula is C11H19N3O. The van der Waals surface area contributed by atoms with Crippen molar-refractivity contribution in [2.75, 3.05) is 0 Å². The third kappa shape index (κ3) is 2.81. The second kappa shape index (κ2) is 4.47. The summed E-state index contributed by atoms with van der Waals surface area (Å²) < 4.78 is 1.76. The van der Waals surface area contributed by atoms with Crippen molar-refractivity contribution in [1.82, 2.24) is 15.1 Å². The number of carbonyl (C=O) groups is 1. The minimum atomic E-state index is -0.249. The molecule has 15 heavy (non-hydrogen) atoms. The van der Waals surface area contributed by atoms with Crippen molar-refractivity contribution in [3.05, 3.63) is 17.5 Å². The highest BCUT2D eigenvalue weighted by Crippen LogP contribution is 2.10. The van der Waals surface area contributed by atoms with Gasteiger partial charge in [-0.05, 0) is 40.7 Å². The van der Waals surface area contributed by atoms with Crippen LogP contribution in [0.1, 0.15) is 38.2 Å². The Bertz CT molecular complexity index is 355.